The van der Waals surface area contributed by atoms with Gasteiger partial charge in [-0.15, -0.1) is 4.08 Å². The first-order valence-corrected chi connectivity index (χ1v) is 11.9. The van der Waals surface area contributed by atoms with Crippen molar-refractivity contribution >= 4 is 26.0 Å². The SMILES string of the molecule is CC(C)CN(SN(C)C(=O)OC1=C2OC=CC=C2CC1(C)C)P1(=O)OCCCO1. The van der Waals surface area contributed by atoms with Crippen LogP contribution in [0, 0.1) is 11.3 Å². The summed E-state index contributed by atoms with van der Waals surface area (Å²) in [7, 11) is -1.89. The predicted octanol–water partition coefficient (Wildman–Crippen LogP) is 5.23. The highest BCUT2D eigenvalue weighted by Crippen LogP contribution is 2.58. The van der Waals surface area contributed by atoms with Crippen LogP contribution >= 0.6 is 19.9 Å². The van der Waals surface area contributed by atoms with Crippen LogP contribution in [0.2, 0.25) is 0 Å². The molecule has 29 heavy (non-hydrogen) atoms. The topological polar surface area (TPSA) is 77.5 Å². The zero-order chi connectivity index (χ0) is 21.2. The minimum absolute atomic E-state index is 0.195. The Labute approximate surface area is 176 Å². The van der Waals surface area contributed by atoms with Crippen molar-refractivity contribution in [2.75, 3.05) is 26.8 Å². The zero-order valence-electron chi connectivity index (χ0n) is 17.5. The number of nitrogens with zero attached hydrogens (tertiary/aromatic N) is 2. The van der Waals surface area contributed by atoms with Gasteiger partial charge >= 0.3 is 13.8 Å². The van der Waals surface area contributed by atoms with Gasteiger partial charge in [0.1, 0.15) is 0 Å². The van der Waals surface area contributed by atoms with Crippen LogP contribution in [0.1, 0.15) is 40.5 Å². The molecule has 0 radical (unpaired) electrons. The number of fused-ring (bicyclic) bond motifs is 1. The van der Waals surface area contributed by atoms with Crippen molar-refractivity contribution in [1.29, 1.82) is 0 Å². The van der Waals surface area contributed by atoms with Crippen molar-refractivity contribution in [2.45, 2.75) is 40.5 Å². The molecule has 0 N–H and O–H groups in total. The maximum absolute atomic E-state index is 13.1. The fraction of sp³-hybridized carbons (Fsp3) is 0.632. The van der Waals surface area contributed by atoms with Crippen LogP contribution in [-0.4, -0.2) is 41.3 Å². The third kappa shape index (κ3) is 5.09. The molecule has 0 unspecified atom stereocenters. The van der Waals surface area contributed by atoms with E-state index in [1.165, 1.54) is 8.38 Å². The van der Waals surface area contributed by atoms with Gasteiger partial charge in [-0.3, -0.25) is 9.05 Å². The molecule has 0 aromatic carbocycles. The van der Waals surface area contributed by atoms with Crippen LogP contribution in [0.3, 0.4) is 0 Å². The summed E-state index contributed by atoms with van der Waals surface area (Å²) in [5.74, 6) is 1.29. The first-order chi connectivity index (χ1) is 13.6. The minimum Gasteiger partial charge on any atom is -0.461 e. The molecule has 3 aliphatic rings. The van der Waals surface area contributed by atoms with Crippen LogP contribution in [0.5, 0.6) is 0 Å². The van der Waals surface area contributed by atoms with Gasteiger partial charge in [0.25, 0.3) is 0 Å². The Hall–Kier alpha value is -1.25. The number of hydrogen-bond acceptors (Lipinski definition) is 7. The molecule has 0 saturated carbocycles. The molecule has 2 aliphatic heterocycles. The number of carbonyl (C=O) groups excluding carboxylic acids is 1. The number of hydrogen-bond donors (Lipinski definition) is 0. The van der Waals surface area contributed by atoms with Crippen molar-refractivity contribution in [3.8, 4) is 0 Å². The van der Waals surface area contributed by atoms with E-state index in [-0.39, 0.29) is 11.3 Å². The minimum atomic E-state index is -3.46. The quantitative estimate of drug-likeness (QED) is 0.407. The van der Waals surface area contributed by atoms with Crippen molar-refractivity contribution < 1.29 is 27.9 Å². The van der Waals surface area contributed by atoms with Crippen molar-refractivity contribution in [3.63, 3.8) is 0 Å². The van der Waals surface area contributed by atoms with Gasteiger partial charge in [0.15, 0.2) is 11.5 Å². The molecule has 0 spiro atoms. The van der Waals surface area contributed by atoms with E-state index in [1.807, 2.05) is 39.8 Å². The molecule has 8 nitrogen and oxygen atoms in total. The van der Waals surface area contributed by atoms with Crippen molar-refractivity contribution in [3.05, 3.63) is 35.5 Å². The second-order valence-corrected chi connectivity index (χ2v) is 11.6. The molecule has 1 fully saturated rings. The molecule has 0 aromatic rings. The van der Waals surface area contributed by atoms with E-state index in [0.29, 0.717) is 37.7 Å². The van der Waals surface area contributed by atoms with E-state index in [0.717, 1.165) is 24.1 Å². The standard InChI is InChI=1S/C19H29N2O6PS/c1-14(2)13-21(28(23)25-10-7-11-26-28)29-20(5)18(22)27-17-16-15(8-6-9-24-16)12-19(17,3)4/h6,8-9,14H,7,10-13H2,1-5H3. The van der Waals surface area contributed by atoms with Crippen LogP contribution in [0.4, 0.5) is 4.79 Å². The summed E-state index contributed by atoms with van der Waals surface area (Å²) >= 11 is 0.986. The van der Waals surface area contributed by atoms with Gasteiger partial charge in [-0.25, -0.2) is 13.7 Å². The highest BCUT2D eigenvalue weighted by atomic mass is 32.2. The molecule has 0 bridgehead atoms. The summed E-state index contributed by atoms with van der Waals surface area (Å²) in [5.41, 5.74) is 0.638. The van der Waals surface area contributed by atoms with Gasteiger partial charge in [0.05, 0.1) is 31.6 Å². The van der Waals surface area contributed by atoms with Crippen LogP contribution in [0.25, 0.3) is 0 Å². The van der Waals surface area contributed by atoms with Gasteiger partial charge in [-0.1, -0.05) is 33.8 Å². The number of ether oxygens (including phenoxy) is 2. The Kier molecular flexibility index (Phi) is 6.85. The first kappa shape index (κ1) is 22.4. The number of allylic oxidation sites excluding steroid dienone is 4. The molecule has 162 valence electrons. The Morgan fingerprint density at radius 1 is 1.34 bits per heavy atom. The summed E-state index contributed by atoms with van der Waals surface area (Å²) in [6, 6.07) is 0. The monoisotopic (exact) mass is 444 g/mol. The second-order valence-electron chi connectivity index (χ2n) is 8.22. The van der Waals surface area contributed by atoms with Crippen LogP contribution in [0.15, 0.2) is 35.5 Å². The summed E-state index contributed by atoms with van der Waals surface area (Å²) in [5, 5.41) is 0. The average molecular weight is 444 g/mol. The highest BCUT2D eigenvalue weighted by molar-refractivity contribution is 7.99. The van der Waals surface area contributed by atoms with Gasteiger partial charge in [-0.2, -0.15) is 0 Å². The van der Waals surface area contributed by atoms with Gasteiger partial charge < -0.3 is 9.47 Å². The first-order valence-electron chi connectivity index (χ1n) is 9.70. The summed E-state index contributed by atoms with van der Waals surface area (Å²) < 4.78 is 38.2. The van der Waals surface area contributed by atoms with E-state index >= 15 is 0 Å². The lowest BCUT2D eigenvalue weighted by Gasteiger charge is -2.34. The molecule has 10 heteroatoms. The lowest BCUT2D eigenvalue weighted by molar-refractivity contribution is 0.122. The zero-order valence-corrected chi connectivity index (χ0v) is 19.3. The Bertz CT molecular complexity index is 782. The Morgan fingerprint density at radius 2 is 2.03 bits per heavy atom. The summed E-state index contributed by atoms with van der Waals surface area (Å²) in [6.07, 6.45) is 6.20. The molecule has 2 heterocycles. The third-order valence-electron chi connectivity index (χ3n) is 4.56. The molecular weight excluding hydrogens is 415 g/mol. The number of rotatable bonds is 6. The molecule has 1 amide bonds. The van der Waals surface area contributed by atoms with Gasteiger partial charge in [0.2, 0.25) is 0 Å². The molecule has 0 atom stereocenters. The Balaban J connectivity index is 1.72. The maximum Gasteiger partial charge on any atom is 0.425 e. The van der Waals surface area contributed by atoms with Gasteiger partial charge in [-0.05, 0) is 30.4 Å². The van der Waals surface area contributed by atoms with Crippen molar-refractivity contribution in [2.24, 2.45) is 11.3 Å². The van der Waals surface area contributed by atoms with Crippen molar-refractivity contribution in [1.82, 2.24) is 8.38 Å². The second kappa shape index (κ2) is 8.86. The maximum atomic E-state index is 13.1. The van der Waals surface area contributed by atoms with E-state index < -0.39 is 13.8 Å². The predicted molar refractivity (Wildman–Crippen MR) is 111 cm³/mol. The third-order valence-corrected chi connectivity index (χ3v) is 7.84. The molecule has 0 aromatic heterocycles. The van der Waals surface area contributed by atoms with Crippen LogP contribution < -0.4 is 0 Å². The summed E-state index contributed by atoms with van der Waals surface area (Å²) in [4.78, 5) is 12.8. The fourth-order valence-electron chi connectivity index (χ4n) is 3.20. The fourth-order valence-corrected chi connectivity index (χ4v) is 6.50. The molecule has 1 aliphatic carbocycles. The largest absolute Gasteiger partial charge is 0.461 e. The average Bonchev–Trinajstić information content (AvgIpc) is 2.91. The Morgan fingerprint density at radius 3 is 2.69 bits per heavy atom. The van der Waals surface area contributed by atoms with Gasteiger partial charge in [0, 0.05) is 19.0 Å². The molecule has 1 saturated heterocycles. The normalized spacial score (nSPS) is 22.4. The number of amides is 1. The van der Waals surface area contributed by atoms with E-state index in [1.54, 1.807) is 13.3 Å². The van der Waals surface area contributed by atoms with Crippen LogP contribution in [-0.2, 0) is 23.1 Å². The summed E-state index contributed by atoms with van der Waals surface area (Å²) in [6.45, 7) is 9.17. The van der Waals surface area contributed by atoms with E-state index in [9.17, 15) is 9.36 Å². The smallest absolute Gasteiger partial charge is 0.425 e. The highest BCUT2D eigenvalue weighted by Gasteiger charge is 2.43. The lowest BCUT2D eigenvalue weighted by atomic mass is 9.90. The van der Waals surface area contributed by atoms with E-state index in [2.05, 4.69) is 0 Å². The van der Waals surface area contributed by atoms with E-state index in [4.69, 9.17) is 18.5 Å². The number of carbonyl (C=O) groups is 1. The lowest BCUT2D eigenvalue weighted by Crippen LogP contribution is -2.31. The molecular formula is C19H29N2O6PS. The molecule has 3 rings (SSSR count).